The highest BCUT2D eigenvalue weighted by Crippen LogP contribution is 2.34. The van der Waals surface area contributed by atoms with Crippen LogP contribution in [0, 0.1) is 0 Å². The topological polar surface area (TPSA) is 64.0 Å². The Hall–Kier alpha value is -2.87. The van der Waals surface area contributed by atoms with E-state index in [1.54, 1.807) is 24.3 Å². The van der Waals surface area contributed by atoms with Crippen molar-refractivity contribution in [3.8, 4) is 0 Å². The molecule has 9 heteroatoms. The van der Waals surface area contributed by atoms with Crippen molar-refractivity contribution in [3.05, 3.63) is 69.1 Å². The fourth-order valence-electron chi connectivity index (χ4n) is 3.22. The molecular formula is C22H21ClF3N3O2. The number of fused-ring (bicyclic) bond motifs is 1. The van der Waals surface area contributed by atoms with Crippen LogP contribution in [0.15, 0.2) is 47.3 Å². The summed E-state index contributed by atoms with van der Waals surface area (Å²) in [6.45, 7) is 2.41. The number of anilines is 1. The van der Waals surface area contributed by atoms with E-state index in [4.69, 9.17) is 11.6 Å². The lowest BCUT2D eigenvalue weighted by Gasteiger charge is -2.13. The molecule has 1 N–H and O–H groups in total. The van der Waals surface area contributed by atoms with E-state index in [0.717, 1.165) is 43.9 Å². The van der Waals surface area contributed by atoms with Crippen LogP contribution < -0.4 is 10.9 Å². The van der Waals surface area contributed by atoms with Gasteiger partial charge in [0.1, 0.15) is 0 Å². The summed E-state index contributed by atoms with van der Waals surface area (Å²) in [6.07, 6.45) is -0.895. The SMILES string of the molecule is CCCCCCn1nc(C(=O)Nc2cc(C(F)(F)F)ccc2Cl)c2ccccc2c1=O. The highest BCUT2D eigenvalue weighted by molar-refractivity contribution is 6.34. The molecule has 0 aliphatic rings. The van der Waals surface area contributed by atoms with Crippen LogP contribution in [0.1, 0.15) is 48.7 Å². The summed E-state index contributed by atoms with van der Waals surface area (Å²) in [7, 11) is 0. The van der Waals surface area contributed by atoms with Crippen molar-refractivity contribution >= 4 is 34.0 Å². The van der Waals surface area contributed by atoms with Crippen LogP contribution in [-0.4, -0.2) is 15.7 Å². The lowest BCUT2D eigenvalue weighted by atomic mass is 10.1. The van der Waals surface area contributed by atoms with Gasteiger partial charge < -0.3 is 5.32 Å². The van der Waals surface area contributed by atoms with E-state index in [1.807, 2.05) is 0 Å². The number of alkyl halides is 3. The number of halogens is 4. The van der Waals surface area contributed by atoms with Crippen molar-refractivity contribution in [2.45, 2.75) is 45.3 Å². The van der Waals surface area contributed by atoms with E-state index in [-0.39, 0.29) is 22.0 Å². The van der Waals surface area contributed by atoms with Gasteiger partial charge in [0.15, 0.2) is 5.69 Å². The van der Waals surface area contributed by atoms with Gasteiger partial charge in [-0.25, -0.2) is 4.68 Å². The molecule has 3 aromatic rings. The molecule has 2 aromatic carbocycles. The monoisotopic (exact) mass is 451 g/mol. The average Bonchev–Trinajstić information content (AvgIpc) is 2.73. The molecule has 164 valence electrons. The van der Waals surface area contributed by atoms with Crippen LogP contribution in [0.5, 0.6) is 0 Å². The maximum atomic E-state index is 13.0. The molecule has 31 heavy (non-hydrogen) atoms. The molecule has 5 nitrogen and oxygen atoms in total. The number of carbonyl (C=O) groups excluding carboxylic acids is 1. The number of carbonyl (C=O) groups is 1. The van der Waals surface area contributed by atoms with E-state index >= 15 is 0 Å². The van der Waals surface area contributed by atoms with Crippen molar-refractivity contribution in [2.24, 2.45) is 0 Å². The Balaban J connectivity index is 1.99. The molecule has 0 atom stereocenters. The van der Waals surface area contributed by atoms with Crippen molar-refractivity contribution in [3.63, 3.8) is 0 Å². The van der Waals surface area contributed by atoms with Crippen molar-refractivity contribution < 1.29 is 18.0 Å². The van der Waals surface area contributed by atoms with Crippen LogP contribution in [0.3, 0.4) is 0 Å². The average molecular weight is 452 g/mol. The Bertz CT molecular complexity index is 1160. The first-order valence-electron chi connectivity index (χ1n) is 9.90. The van der Waals surface area contributed by atoms with Gasteiger partial charge in [-0.2, -0.15) is 18.3 Å². The fourth-order valence-corrected chi connectivity index (χ4v) is 3.39. The van der Waals surface area contributed by atoms with Gasteiger partial charge >= 0.3 is 6.18 Å². The number of nitrogens with one attached hydrogen (secondary N) is 1. The Morgan fingerprint density at radius 2 is 1.81 bits per heavy atom. The number of rotatable bonds is 7. The summed E-state index contributed by atoms with van der Waals surface area (Å²) in [6, 6.07) is 9.18. The summed E-state index contributed by atoms with van der Waals surface area (Å²) < 4.78 is 40.3. The summed E-state index contributed by atoms with van der Waals surface area (Å²) in [5, 5.41) is 7.22. The van der Waals surface area contributed by atoms with Crippen LogP contribution in [-0.2, 0) is 12.7 Å². The van der Waals surface area contributed by atoms with Gasteiger partial charge in [0.05, 0.1) is 21.7 Å². The Morgan fingerprint density at radius 3 is 2.48 bits per heavy atom. The first-order valence-corrected chi connectivity index (χ1v) is 10.3. The second-order valence-corrected chi connectivity index (χ2v) is 7.54. The van der Waals surface area contributed by atoms with E-state index in [9.17, 15) is 22.8 Å². The number of benzene rings is 2. The molecule has 0 aliphatic carbocycles. The molecule has 0 spiro atoms. The molecule has 0 saturated heterocycles. The zero-order chi connectivity index (χ0) is 22.6. The van der Waals surface area contributed by atoms with Gasteiger partial charge in [-0.1, -0.05) is 56.0 Å². The molecule has 0 radical (unpaired) electrons. The molecule has 0 saturated carbocycles. The number of aryl methyl sites for hydroxylation is 1. The van der Waals surface area contributed by atoms with E-state index in [0.29, 0.717) is 17.3 Å². The number of amides is 1. The van der Waals surface area contributed by atoms with Gasteiger partial charge in [0, 0.05) is 11.9 Å². The Labute approximate surface area is 181 Å². The summed E-state index contributed by atoms with van der Waals surface area (Å²) >= 11 is 5.99. The molecule has 1 amide bonds. The third-order valence-electron chi connectivity index (χ3n) is 4.85. The predicted molar refractivity (Wildman–Crippen MR) is 115 cm³/mol. The second-order valence-electron chi connectivity index (χ2n) is 7.13. The van der Waals surface area contributed by atoms with E-state index in [2.05, 4.69) is 17.3 Å². The minimum atomic E-state index is -4.58. The first-order chi connectivity index (χ1) is 14.7. The number of hydrogen-bond donors (Lipinski definition) is 1. The van der Waals surface area contributed by atoms with Crippen LogP contribution >= 0.6 is 11.6 Å². The van der Waals surface area contributed by atoms with Crippen molar-refractivity contribution in [1.29, 1.82) is 0 Å². The number of hydrogen-bond acceptors (Lipinski definition) is 3. The van der Waals surface area contributed by atoms with E-state index in [1.165, 1.54) is 4.68 Å². The largest absolute Gasteiger partial charge is 0.416 e. The minimum absolute atomic E-state index is 0.0430. The standard InChI is InChI=1S/C22H21ClF3N3O2/c1-2-3-4-7-12-29-21(31)16-9-6-5-8-15(16)19(28-29)20(30)27-18-13-14(22(24,25)26)10-11-17(18)23/h5-6,8-11,13H,2-4,7,12H2,1H3,(H,27,30). The highest BCUT2D eigenvalue weighted by Gasteiger charge is 2.31. The fraction of sp³-hybridized carbons (Fsp3) is 0.318. The molecule has 1 heterocycles. The number of nitrogens with zero attached hydrogens (tertiary/aromatic N) is 2. The summed E-state index contributed by atoms with van der Waals surface area (Å²) in [5.41, 5.74) is -1.50. The van der Waals surface area contributed by atoms with Gasteiger partial charge in [-0.3, -0.25) is 9.59 Å². The second kappa shape index (κ2) is 9.51. The Kier molecular flexibility index (Phi) is 7.00. The molecule has 1 aromatic heterocycles. The molecule has 3 rings (SSSR count). The zero-order valence-electron chi connectivity index (χ0n) is 16.8. The van der Waals surface area contributed by atoms with Crippen molar-refractivity contribution in [1.82, 2.24) is 9.78 Å². The molecular weight excluding hydrogens is 431 g/mol. The maximum absolute atomic E-state index is 13.0. The smallest absolute Gasteiger partial charge is 0.319 e. The minimum Gasteiger partial charge on any atom is -0.319 e. The van der Waals surface area contributed by atoms with Gasteiger partial charge in [0.2, 0.25) is 0 Å². The van der Waals surface area contributed by atoms with Crippen LogP contribution in [0.25, 0.3) is 10.8 Å². The molecule has 0 unspecified atom stereocenters. The first kappa shape index (κ1) is 22.8. The van der Waals surface area contributed by atoms with Gasteiger partial charge in [-0.15, -0.1) is 0 Å². The Morgan fingerprint density at radius 1 is 1.10 bits per heavy atom. The van der Waals surface area contributed by atoms with Gasteiger partial charge in [0.25, 0.3) is 11.5 Å². The zero-order valence-corrected chi connectivity index (χ0v) is 17.6. The number of aromatic nitrogens is 2. The third-order valence-corrected chi connectivity index (χ3v) is 5.18. The van der Waals surface area contributed by atoms with Crippen LogP contribution in [0.2, 0.25) is 5.02 Å². The molecule has 0 fully saturated rings. The highest BCUT2D eigenvalue weighted by atomic mass is 35.5. The number of unbranched alkanes of at least 4 members (excludes halogenated alkanes) is 3. The maximum Gasteiger partial charge on any atom is 0.416 e. The summed E-state index contributed by atoms with van der Waals surface area (Å²) in [4.78, 5) is 25.7. The predicted octanol–water partition coefficient (Wildman–Crippen LogP) is 5.90. The lowest BCUT2D eigenvalue weighted by molar-refractivity contribution is -0.137. The normalized spacial score (nSPS) is 11.6. The third kappa shape index (κ3) is 5.25. The van der Waals surface area contributed by atoms with E-state index < -0.39 is 17.6 Å². The van der Waals surface area contributed by atoms with Crippen molar-refractivity contribution in [2.75, 3.05) is 5.32 Å². The summed E-state index contributed by atoms with van der Waals surface area (Å²) in [5.74, 6) is -0.750. The lowest BCUT2D eigenvalue weighted by Crippen LogP contribution is -2.28. The van der Waals surface area contributed by atoms with Gasteiger partial charge in [-0.05, 0) is 30.7 Å². The quantitative estimate of drug-likeness (QED) is 0.455. The van der Waals surface area contributed by atoms with Crippen LogP contribution in [0.4, 0.5) is 18.9 Å². The molecule has 0 bridgehead atoms. The molecule has 0 aliphatic heterocycles.